The number of carbonyl (C=O) groups excluding carboxylic acids is 1. The van der Waals surface area contributed by atoms with E-state index in [1.807, 2.05) is 0 Å². The quantitative estimate of drug-likeness (QED) is 0.174. The molecule has 16 heteroatoms. The zero-order valence-electron chi connectivity index (χ0n) is 19.3. The molecule has 204 valence electrons. The lowest BCUT2D eigenvalue weighted by molar-refractivity contribution is 0.100. The van der Waals surface area contributed by atoms with Gasteiger partial charge in [-0.25, -0.2) is 37.1 Å². The van der Waals surface area contributed by atoms with Gasteiger partial charge >= 0.3 is 10.3 Å². The molecule has 0 radical (unpaired) electrons. The fourth-order valence-corrected chi connectivity index (χ4v) is 4.75. The number of aliphatic hydroxyl groups excluding tert-OH is 1. The van der Waals surface area contributed by atoms with E-state index >= 15 is 0 Å². The van der Waals surface area contributed by atoms with Crippen molar-refractivity contribution in [2.75, 3.05) is 6.61 Å². The molecule has 4 rings (SSSR count). The molecule has 0 amide bonds. The standard InChI is InChI=1S/C22H20F5N5O5S/c23-17-13(18(24)20(26)21(27)19(17)25)7-32-2-1-14(31-32)22(34)12-6-29-9-30-15(12)4-10-3-11(16(33)5-10)8-37-38(28,35)36/h1-2,6,9-11,16,33H,3-5,7-8H2,(H2,28,35,36)/t10-,11+,16-/m0/s1. The second-order valence-electron chi connectivity index (χ2n) is 8.81. The average molecular weight is 561 g/mol. The fourth-order valence-electron chi connectivity index (χ4n) is 4.38. The maximum Gasteiger partial charge on any atom is 0.333 e. The van der Waals surface area contributed by atoms with Crippen molar-refractivity contribution >= 4 is 16.1 Å². The van der Waals surface area contributed by atoms with Crippen LogP contribution in [0.25, 0.3) is 0 Å². The Kier molecular flexibility index (Phi) is 7.87. The van der Waals surface area contributed by atoms with Gasteiger partial charge in [0.25, 0.3) is 0 Å². The minimum absolute atomic E-state index is 0.0488. The molecule has 0 aliphatic heterocycles. The number of nitrogens with zero attached hydrogens (tertiary/aromatic N) is 4. The number of aliphatic hydroxyl groups is 1. The van der Waals surface area contributed by atoms with Crippen LogP contribution >= 0.6 is 0 Å². The van der Waals surface area contributed by atoms with Crippen LogP contribution in [0.15, 0.2) is 24.8 Å². The highest BCUT2D eigenvalue weighted by atomic mass is 32.2. The van der Waals surface area contributed by atoms with E-state index in [1.165, 1.54) is 18.6 Å². The summed E-state index contributed by atoms with van der Waals surface area (Å²) in [5.41, 5.74) is -0.957. The number of nitrogens with two attached hydrogens (primary N) is 1. The molecule has 3 atom stereocenters. The number of halogens is 5. The molecule has 10 nitrogen and oxygen atoms in total. The summed E-state index contributed by atoms with van der Waals surface area (Å²) >= 11 is 0. The molecule has 0 saturated heterocycles. The highest BCUT2D eigenvalue weighted by molar-refractivity contribution is 7.84. The number of rotatable bonds is 9. The van der Waals surface area contributed by atoms with Crippen LogP contribution in [0.5, 0.6) is 0 Å². The average Bonchev–Trinajstić information content (AvgIpc) is 3.48. The van der Waals surface area contributed by atoms with Crippen LogP contribution in [0.2, 0.25) is 0 Å². The zero-order chi connectivity index (χ0) is 27.8. The number of benzene rings is 1. The van der Waals surface area contributed by atoms with Crippen molar-refractivity contribution in [1.82, 2.24) is 19.7 Å². The second kappa shape index (κ2) is 10.8. The molecule has 1 aliphatic rings. The molecule has 0 unspecified atom stereocenters. The van der Waals surface area contributed by atoms with Crippen molar-refractivity contribution in [2.24, 2.45) is 17.0 Å². The lowest BCUT2D eigenvalue weighted by Gasteiger charge is -2.13. The lowest BCUT2D eigenvalue weighted by Crippen LogP contribution is -2.24. The summed E-state index contributed by atoms with van der Waals surface area (Å²) in [6, 6.07) is 1.20. The first-order chi connectivity index (χ1) is 17.9. The topological polar surface area (TPSA) is 150 Å². The Morgan fingerprint density at radius 3 is 2.42 bits per heavy atom. The maximum absolute atomic E-state index is 14.0. The van der Waals surface area contributed by atoms with Crippen LogP contribution in [-0.2, 0) is 27.5 Å². The Morgan fingerprint density at radius 2 is 1.76 bits per heavy atom. The summed E-state index contributed by atoms with van der Waals surface area (Å²) < 4.78 is 95.8. The Labute approximate surface area is 212 Å². The highest BCUT2D eigenvalue weighted by Crippen LogP contribution is 2.34. The SMILES string of the molecule is NS(=O)(=O)OC[C@H]1C[C@@H](Cc2ncncc2C(=O)c2ccn(Cc3c(F)c(F)c(F)c(F)c3F)n2)C[C@@H]1O. The summed E-state index contributed by atoms with van der Waals surface area (Å²) in [4.78, 5) is 21.1. The number of ketones is 1. The molecule has 1 aromatic carbocycles. The number of carbonyl (C=O) groups is 1. The van der Waals surface area contributed by atoms with Gasteiger partial charge in [0, 0.05) is 18.3 Å². The highest BCUT2D eigenvalue weighted by Gasteiger charge is 2.35. The van der Waals surface area contributed by atoms with Gasteiger partial charge in [-0.15, -0.1) is 0 Å². The van der Waals surface area contributed by atoms with E-state index in [0.29, 0.717) is 12.1 Å². The van der Waals surface area contributed by atoms with Gasteiger partial charge in [-0.1, -0.05) is 0 Å². The minimum atomic E-state index is -4.17. The van der Waals surface area contributed by atoms with Crippen LogP contribution in [-0.4, -0.2) is 51.8 Å². The van der Waals surface area contributed by atoms with Crippen molar-refractivity contribution in [3.8, 4) is 0 Å². The molecule has 1 aliphatic carbocycles. The van der Waals surface area contributed by atoms with E-state index in [0.717, 1.165) is 10.9 Å². The van der Waals surface area contributed by atoms with Crippen LogP contribution in [0.3, 0.4) is 0 Å². The third-order valence-electron chi connectivity index (χ3n) is 6.22. The third kappa shape index (κ3) is 5.87. The summed E-state index contributed by atoms with van der Waals surface area (Å²) in [6.45, 7) is -1.13. The van der Waals surface area contributed by atoms with Gasteiger partial charge < -0.3 is 5.11 Å². The molecule has 38 heavy (non-hydrogen) atoms. The van der Waals surface area contributed by atoms with E-state index < -0.39 is 69.3 Å². The van der Waals surface area contributed by atoms with Gasteiger partial charge in [0.2, 0.25) is 11.6 Å². The van der Waals surface area contributed by atoms with Crippen LogP contribution in [0.4, 0.5) is 22.0 Å². The van der Waals surface area contributed by atoms with Crippen molar-refractivity contribution in [2.45, 2.75) is 31.9 Å². The Bertz CT molecular complexity index is 1460. The molecule has 1 fully saturated rings. The summed E-state index contributed by atoms with van der Waals surface area (Å²) in [6.07, 6.45) is 3.59. The van der Waals surface area contributed by atoms with Gasteiger partial charge in [-0.3, -0.25) is 13.7 Å². The fraction of sp³-hybridized carbons (Fsp3) is 0.364. The van der Waals surface area contributed by atoms with Gasteiger partial charge in [0.1, 0.15) is 12.0 Å². The van der Waals surface area contributed by atoms with Gasteiger partial charge in [-0.2, -0.15) is 13.5 Å². The Balaban J connectivity index is 1.50. The summed E-state index contributed by atoms with van der Waals surface area (Å²) in [5.74, 6) is -11.8. The molecule has 3 aromatic rings. The van der Waals surface area contributed by atoms with E-state index in [2.05, 4.69) is 19.2 Å². The van der Waals surface area contributed by atoms with Crippen molar-refractivity contribution in [3.05, 3.63) is 76.4 Å². The summed E-state index contributed by atoms with van der Waals surface area (Å²) in [5, 5.41) is 19.0. The first kappa shape index (κ1) is 27.7. The van der Waals surface area contributed by atoms with E-state index in [4.69, 9.17) is 5.14 Å². The number of hydrogen-bond acceptors (Lipinski definition) is 8. The predicted molar refractivity (Wildman–Crippen MR) is 118 cm³/mol. The third-order valence-corrected chi connectivity index (χ3v) is 6.68. The molecular weight excluding hydrogens is 541 g/mol. The molecule has 0 spiro atoms. The molecule has 2 aromatic heterocycles. The smallest absolute Gasteiger partial charge is 0.333 e. The number of hydrogen-bond donors (Lipinski definition) is 2. The largest absolute Gasteiger partial charge is 0.393 e. The molecule has 0 bridgehead atoms. The van der Waals surface area contributed by atoms with Crippen molar-refractivity contribution < 1.29 is 44.5 Å². The van der Waals surface area contributed by atoms with Crippen LogP contribution < -0.4 is 5.14 Å². The van der Waals surface area contributed by atoms with Crippen LogP contribution in [0.1, 0.15) is 40.2 Å². The van der Waals surface area contributed by atoms with Gasteiger partial charge in [0.05, 0.1) is 36.1 Å². The van der Waals surface area contributed by atoms with E-state index in [9.17, 15) is 40.3 Å². The summed E-state index contributed by atoms with van der Waals surface area (Å²) in [7, 11) is -4.17. The number of aromatic nitrogens is 4. The minimum Gasteiger partial charge on any atom is -0.393 e. The van der Waals surface area contributed by atoms with E-state index in [1.54, 1.807) is 0 Å². The van der Waals surface area contributed by atoms with Crippen LogP contribution in [0, 0.1) is 40.9 Å². The first-order valence-electron chi connectivity index (χ1n) is 11.1. The lowest BCUT2D eigenvalue weighted by atomic mass is 9.96. The zero-order valence-corrected chi connectivity index (χ0v) is 20.1. The Hall–Kier alpha value is -3.34. The first-order valence-corrected chi connectivity index (χ1v) is 12.5. The molecular formula is C22H20F5N5O5S. The molecule has 2 heterocycles. The Morgan fingerprint density at radius 1 is 1.11 bits per heavy atom. The van der Waals surface area contributed by atoms with Gasteiger partial charge in [0.15, 0.2) is 23.3 Å². The second-order valence-corrected chi connectivity index (χ2v) is 10.0. The van der Waals surface area contributed by atoms with Crippen molar-refractivity contribution in [3.63, 3.8) is 0 Å². The maximum atomic E-state index is 14.0. The molecule has 3 N–H and O–H groups in total. The molecule has 1 saturated carbocycles. The monoisotopic (exact) mass is 561 g/mol. The van der Waals surface area contributed by atoms with Crippen molar-refractivity contribution in [1.29, 1.82) is 0 Å². The predicted octanol–water partition coefficient (Wildman–Crippen LogP) is 1.80. The normalized spacial score (nSPS) is 19.7. The van der Waals surface area contributed by atoms with E-state index in [-0.39, 0.29) is 36.6 Å². The van der Waals surface area contributed by atoms with Gasteiger partial charge in [-0.05, 0) is 31.2 Å².